The lowest BCUT2D eigenvalue weighted by Gasteiger charge is -2.36. The van der Waals surface area contributed by atoms with Crippen LogP contribution >= 0.6 is 0 Å². The smallest absolute Gasteiger partial charge is 0.138 e. The Labute approximate surface area is 119 Å². The Morgan fingerprint density at radius 2 is 1.60 bits per heavy atom. The average molecular weight is 268 g/mol. The Kier molecular flexibility index (Phi) is 3.79. The molecule has 3 rings (SSSR count). The topological polar surface area (TPSA) is 46.0 Å². The van der Waals surface area contributed by atoms with Crippen molar-refractivity contribution in [2.45, 2.75) is 44.1 Å². The second-order valence-corrected chi connectivity index (χ2v) is 5.58. The van der Waals surface area contributed by atoms with Crippen LogP contribution in [0, 0.1) is 0 Å². The Hall–Kier alpha value is -1.74. The third kappa shape index (κ3) is 2.34. The van der Waals surface area contributed by atoms with E-state index in [-0.39, 0.29) is 12.0 Å². The van der Waals surface area contributed by atoms with E-state index < -0.39 is 0 Å². The van der Waals surface area contributed by atoms with Crippen LogP contribution in [-0.2, 0) is 12.0 Å². The lowest BCUT2D eigenvalue weighted by molar-refractivity contribution is 0.279. The lowest BCUT2D eigenvalue weighted by Crippen LogP contribution is -2.32. The number of nitrogens with zero attached hydrogens (tertiary/aromatic N) is 2. The zero-order chi connectivity index (χ0) is 13.8. The third-order valence-electron chi connectivity index (χ3n) is 4.35. The zero-order valence-corrected chi connectivity index (χ0v) is 11.6. The van der Waals surface area contributed by atoms with Crippen molar-refractivity contribution in [3.8, 4) is 0 Å². The van der Waals surface area contributed by atoms with E-state index in [0.717, 1.165) is 24.2 Å². The van der Waals surface area contributed by atoms with Gasteiger partial charge >= 0.3 is 0 Å². The first-order valence-corrected chi connectivity index (χ1v) is 7.33. The van der Waals surface area contributed by atoms with Gasteiger partial charge in [-0.3, -0.25) is 0 Å². The maximum atomic E-state index is 9.14. The van der Waals surface area contributed by atoms with Crippen LogP contribution in [0.25, 0.3) is 0 Å². The van der Waals surface area contributed by atoms with Crippen molar-refractivity contribution < 1.29 is 5.11 Å². The van der Waals surface area contributed by atoms with Crippen molar-refractivity contribution >= 4 is 0 Å². The van der Waals surface area contributed by atoms with Crippen molar-refractivity contribution in [1.29, 1.82) is 0 Å². The predicted molar refractivity (Wildman–Crippen MR) is 78.3 cm³/mol. The van der Waals surface area contributed by atoms with Crippen molar-refractivity contribution in [1.82, 2.24) is 9.97 Å². The van der Waals surface area contributed by atoms with Crippen LogP contribution in [0.3, 0.4) is 0 Å². The molecule has 1 saturated carbocycles. The Morgan fingerprint density at radius 1 is 0.950 bits per heavy atom. The molecule has 0 unspecified atom stereocenters. The zero-order valence-electron chi connectivity index (χ0n) is 11.6. The minimum Gasteiger partial charge on any atom is -0.392 e. The highest BCUT2D eigenvalue weighted by molar-refractivity contribution is 5.33. The highest BCUT2D eigenvalue weighted by Gasteiger charge is 2.38. The van der Waals surface area contributed by atoms with Crippen LogP contribution in [0.2, 0.25) is 0 Å². The molecule has 0 spiro atoms. The summed E-state index contributed by atoms with van der Waals surface area (Å²) in [6, 6.07) is 10.6. The van der Waals surface area contributed by atoms with Crippen molar-refractivity contribution in [2.24, 2.45) is 0 Å². The van der Waals surface area contributed by atoms with Gasteiger partial charge in [0.2, 0.25) is 0 Å². The molecule has 0 saturated heterocycles. The maximum Gasteiger partial charge on any atom is 0.138 e. The number of benzene rings is 1. The molecule has 1 aliphatic carbocycles. The summed E-state index contributed by atoms with van der Waals surface area (Å²) in [4.78, 5) is 9.10. The molecule has 104 valence electrons. The van der Waals surface area contributed by atoms with E-state index in [1.807, 2.05) is 0 Å². The molecule has 2 aromatic rings. The molecule has 1 aliphatic rings. The summed E-state index contributed by atoms with van der Waals surface area (Å²) in [5.74, 6) is 0.903. The number of aromatic nitrogens is 2. The highest BCUT2D eigenvalue weighted by Crippen LogP contribution is 2.43. The molecule has 1 aromatic carbocycles. The van der Waals surface area contributed by atoms with Gasteiger partial charge in [0, 0.05) is 18.0 Å². The first-order valence-electron chi connectivity index (χ1n) is 7.33. The van der Waals surface area contributed by atoms with Crippen molar-refractivity contribution in [3.63, 3.8) is 0 Å². The number of aliphatic hydroxyl groups excluding tert-OH is 1. The lowest BCUT2D eigenvalue weighted by atomic mass is 9.69. The minimum atomic E-state index is -0.0481. The number of hydrogen-bond acceptors (Lipinski definition) is 3. The van der Waals surface area contributed by atoms with Crippen LogP contribution in [0.5, 0.6) is 0 Å². The number of aliphatic hydroxyl groups is 1. The fourth-order valence-corrected chi connectivity index (χ4v) is 3.24. The van der Waals surface area contributed by atoms with E-state index in [2.05, 4.69) is 40.3 Å². The summed E-state index contributed by atoms with van der Waals surface area (Å²) in [5.41, 5.74) is 2.04. The molecule has 0 atom stereocenters. The van der Waals surface area contributed by atoms with E-state index in [1.54, 1.807) is 12.4 Å². The van der Waals surface area contributed by atoms with Gasteiger partial charge in [-0.1, -0.05) is 49.6 Å². The normalized spacial score (nSPS) is 17.9. The summed E-state index contributed by atoms with van der Waals surface area (Å²) < 4.78 is 0. The standard InChI is InChI=1S/C17H20N2O/c20-13-14-11-18-16(19-12-14)17(9-5-2-6-10-17)15-7-3-1-4-8-15/h1,3-4,7-8,11-12,20H,2,5-6,9-10,13H2. The van der Waals surface area contributed by atoms with Crippen LogP contribution in [0.4, 0.5) is 0 Å². The molecule has 0 aliphatic heterocycles. The van der Waals surface area contributed by atoms with Crippen LogP contribution in [-0.4, -0.2) is 15.1 Å². The van der Waals surface area contributed by atoms with Gasteiger partial charge in [0.1, 0.15) is 5.82 Å². The van der Waals surface area contributed by atoms with Gasteiger partial charge in [0.05, 0.1) is 12.0 Å². The summed E-state index contributed by atoms with van der Waals surface area (Å²) in [6.07, 6.45) is 9.46. The summed E-state index contributed by atoms with van der Waals surface area (Å²) >= 11 is 0. The first kappa shape index (κ1) is 13.3. The molecular weight excluding hydrogens is 248 g/mol. The molecular formula is C17H20N2O. The molecule has 3 heteroatoms. The van der Waals surface area contributed by atoms with Gasteiger partial charge in [-0.15, -0.1) is 0 Å². The second-order valence-electron chi connectivity index (χ2n) is 5.58. The predicted octanol–water partition coefficient (Wildman–Crippen LogP) is 3.22. The molecule has 20 heavy (non-hydrogen) atoms. The van der Waals surface area contributed by atoms with Gasteiger partial charge in [0.25, 0.3) is 0 Å². The first-order chi connectivity index (χ1) is 9.85. The number of rotatable bonds is 3. The summed E-state index contributed by atoms with van der Waals surface area (Å²) in [7, 11) is 0. The van der Waals surface area contributed by atoms with Gasteiger partial charge in [0.15, 0.2) is 0 Å². The van der Waals surface area contributed by atoms with Gasteiger partial charge in [-0.05, 0) is 18.4 Å². The monoisotopic (exact) mass is 268 g/mol. The van der Waals surface area contributed by atoms with Gasteiger partial charge in [-0.25, -0.2) is 9.97 Å². The minimum absolute atomic E-state index is 0.00137. The number of hydrogen-bond donors (Lipinski definition) is 1. The van der Waals surface area contributed by atoms with Crippen LogP contribution < -0.4 is 0 Å². The van der Waals surface area contributed by atoms with Crippen molar-refractivity contribution in [3.05, 3.63) is 59.7 Å². The molecule has 0 amide bonds. The van der Waals surface area contributed by atoms with E-state index in [4.69, 9.17) is 5.11 Å². The quantitative estimate of drug-likeness (QED) is 0.929. The fraction of sp³-hybridized carbons (Fsp3) is 0.412. The molecule has 0 radical (unpaired) electrons. The molecule has 1 heterocycles. The van der Waals surface area contributed by atoms with Crippen LogP contribution in [0.1, 0.15) is 49.1 Å². The summed E-state index contributed by atoms with van der Waals surface area (Å²) in [6.45, 7) is -0.00137. The Bertz CT molecular complexity index is 545. The molecule has 0 bridgehead atoms. The Morgan fingerprint density at radius 3 is 2.20 bits per heavy atom. The molecule has 1 fully saturated rings. The molecule has 3 nitrogen and oxygen atoms in total. The van der Waals surface area contributed by atoms with Gasteiger partial charge in [-0.2, -0.15) is 0 Å². The van der Waals surface area contributed by atoms with E-state index >= 15 is 0 Å². The maximum absolute atomic E-state index is 9.14. The SMILES string of the molecule is OCc1cnc(C2(c3ccccc3)CCCCC2)nc1. The van der Waals surface area contributed by atoms with Gasteiger partial charge < -0.3 is 5.11 Å². The average Bonchev–Trinajstić information content (AvgIpc) is 2.56. The van der Waals surface area contributed by atoms with Crippen molar-refractivity contribution in [2.75, 3.05) is 0 Å². The molecule has 1 N–H and O–H groups in total. The van der Waals surface area contributed by atoms with E-state index in [0.29, 0.717) is 0 Å². The largest absolute Gasteiger partial charge is 0.392 e. The van der Waals surface area contributed by atoms with E-state index in [9.17, 15) is 0 Å². The molecule has 1 aromatic heterocycles. The van der Waals surface area contributed by atoms with Crippen LogP contribution in [0.15, 0.2) is 42.7 Å². The highest BCUT2D eigenvalue weighted by atomic mass is 16.3. The second kappa shape index (κ2) is 5.71. The third-order valence-corrected chi connectivity index (χ3v) is 4.35. The fourth-order valence-electron chi connectivity index (χ4n) is 3.24. The summed E-state index contributed by atoms with van der Waals surface area (Å²) in [5, 5.41) is 9.14. The Balaban J connectivity index is 2.05. The van der Waals surface area contributed by atoms with E-state index in [1.165, 1.54) is 24.8 Å².